The zero-order chi connectivity index (χ0) is 22.1. The maximum Gasteiger partial charge on any atom is 0.193 e. The summed E-state index contributed by atoms with van der Waals surface area (Å²) in [5.41, 5.74) is 1.38. The molecule has 0 aliphatic carbocycles. The first-order valence-corrected chi connectivity index (χ1v) is 12.5. The van der Waals surface area contributed by atoms with E-state index in [9.17, 15) is 0 Å². The Morgan fingerprint density at radius 1 is 1.12 bits per heavy atom. The van der Waals surface area contributed by atoms with Crippen LogP contribution < -0.4 is 5.32 Å². The molecule has 2 heterocycles. The Hall–Kier alpha value is -1.33. The van der Waals surface area contributed by atoms with Gasteiger partial charge in [0.1, 0.15) is 5.82 Å². The molecule has 178 valence electrons. The SMILES string of the molecule is CN=C(NCCCc1nnc(SC)n1CC(C)C)N1CCN(Cc2ccccc2)CC1.I. The molecule has 1 saturated heterocycles. The van der Waals surface area contributed by atoms with E-state index in [1.807, 2.05) is 7.05 Å². The molecule has 2 aromatic rings. The van der Waals surface area contributed by atoms with Gasteiger partial charge in [0.2, 0.25) is 0 Å². The van der Waals surface area contributed by atoms with Gasteiger partial charge in [-0.3, -0.25) is 9.89 Å². The smallest absolute Gasteiger partial charge is 0.193 e. The lowest BCUT2D eigenvalue weighted by Crippen LogP contribution is -2.52. The van der Waals surface area contributed by atoms with E-state index in [0.29, 0.717) is 5.92 Å². The van der Waals surface area contributed by atoms with Gasteiger partial charge in [0.15, 0.2) is 11.1 Å². The van der Waals surface area contributed by atoms with E-state index >= 15 is 0 Å². The number of nitrogens with zero attached hydrogens (tertiary/aromatic N) is 6. The van der Waals surface area contributed by atoms with Crippen molar-refractivity contribution in [3.8, 4) is 0 Å². The van der Waals surface area contributed by atoms with Crippen LogP contribution >= 0.6 is 35.7 Å². The first kappa shape index (κ1) is 26.9. The Morgan fingerprint density at radius 3 is 2.47 bits per heavy atom. The van der Waals surface area contributed by atoms with E-state index < -0.39 is 0 Å². The van der Waals surface area contributed by atoms with E-state index in [-0.39, 0.29) is 24.0 Å². The second-order valence-corrected chi connectivity index (χ2v) is 9.21. The first-order valence-electron chi connectivity index (χ1n) is 11.3. The summed E-state index contributed by atoms with van der Waals surface area (Å²) in [7, 11) is 1.88. The van der Waals surface area contributed by atoms with Crippen LogP contribution in [0.15, 0.2) is 40.5 Å². The highest BCUT2D eigenvalue weighted by Crippen LogP contribution is 2.16. The molecule has 1 N–H and O–H groups in total. The Balaban J connectivity index is 0.00000363. The van der Waals surface area contributed by atoms with Crippen LogP contribution in [0.1, 0.15) is 31.7 Å². The number of nitrogens with one attached hydrogen (secondary N) is 1. The van der Waals surface area contributed by atoms with Crippen molar-refractivity contribution < 1.29 is 0 Å². The number of rotatable bonds is 9. The van der Waals surface area contributed by atoms with E-state index in [4.69, 9.17) is 0 Å². The monoisotopic (exact) mass is 571 g/mol. The fourth-order valence-electron chi connectivity index (χ4n) is 3.94. The number of halogens is 1. The molecular formula is C23H38IN7S. The number of benzene rings is 1. The molecule has 0 atom stereocenters. The standard InChI is InChI=1S/C23H37N7S.HI/c1-19(2)17-30-21(26-27-23(30)31-4)11-8-12-25-22(24-3)29-15-13-28(14-16-29)18-20-9-6-5-7-10-20;/h5-7,9-10,19H,8,11-18H2,1-4H3,(H,24,25);1H. The molecule has 1 aliphatic rings. The van der Waals surface area contributed by atoms with E-state index in [0.717, 1.165) is 75.6 Å². The minimum Gasteiger partial charge on any atom is -0.356 e. The normalized spacial score (nSPS) is 15.2. The number of guanidine groups is 1. The highest BCUT2D eigenvalue weighted by molar-refractivity contribution is 14.0. The molecule has 0 unspecified atom stereocenters. The predicted molar refractivity (Wildman–Crippen MR) is 145 cm³/mol. The van der Waals surface area contributed by atoms with Crippen molar-refractivity contribution in [2.75, 3.05) is 46.0 Å². The molecule has 0 amide bonds. The summed E-state index contributed by atoms with van der Waals surface area (Å²) < 4.78 is 2.27. The van der Waals surface area contributed by atoms with Gasteiger partial charge in [-0.1, -0.05) is 55.9 Å². The van der Waals surface area contributed by atoms with E-state index in [2.05, 4.69) is 85.3 Å². The molecule has 7 nitrogen and oxygen atoms in total. The van der Waals surface area contributed by atoms with Gasteiger partial charge in [0.25, 0.3) is 0 Å². The van der Waals surface area contributed by atoms with Gasteiger partial charge in [0, 0.05) is 59.3 Å². The Labute approximate surface area is 214 Å². The predicted octanol–water partition coefficient (Wildman–Crippen LogP) is 3.60. The number of hydrogen-bond acceptors (Lipinski definition) is 5. The van der Waals surface area contributed by atoms with E-state index in [1.165, 1.54) is 5.56 Å². The lowest BCUT2D eigenvalue weighted by atomic mass is 10.2. The highest BCUT2D eigenvalue weighted by Gasteiger charge is 2.19. The van der Waals surface area contributed by atoms with Crippen LogP contribution in [0.25, 0.3) is 0 Å². The molecule has 3 rings (SSSR count). The van der Waals surface area contributed by atoms with Crippen LogP contribution in [-0.4, -0.2) is 76.6 Å². The second-order valence-electron chi connectivity index (χ2n) is 8.43. The maximum absolute atomic E-state index is 4.52. The molecule has 1 aromatic carbocycles. The lowest BCUT2D eigenvalue weighted by molar-refractivity contribution is 0.172. The number of piperazine rings is 1. The summed E-state index contributed by atoms with van der Waals surface area (Å²) in [5, 5.41) is 13.3. The fraction of sp³-hybridized carbons (Fsp3) is 0.609. The maximum atomic E-state index is 4.52. The van der Waals surface area contributed by atoms with Crippen molar-refractivity contribution in [2.24, 2.45) is 10.9 Å². The van der Waals surface area contributed by atoms with Crippen LogP contribution in [0.4, 0.5) is 0 Å². The Bertz CT molecular complexity index is 817. The zero-order valence-corrected chi connectivity index (χ0v) is 23.0. The molecule has 32 heavy (non-hydrogen) atoms. The summed E-state index contributed by atoms with van der Waals surface area (Å²) in [6.45, 7) is 11.5. The van der Waals surface area contributed by atoms with Gasteiger partial charge in [0.05, 0.1) is 0 Å². The quantitative estimate of drug-likeness (QED) is 0.163. The van der Waals surface area contributed by atoms with Crippen molar-refractivity contribution in [2.45, 2.75) is 44.9 Å². The largest absolute Gasteiger partial charge is 0.356 e. The third-order valence-corrected chi connectivity index (χ3v) is 6.18. The Kier molecular flexibility index (Phi) is 11.8. The molecule has 0 spiro atoms. The first-order chi connectivity index (χ1) is 15.1. The summed E-state index contributed by atoms with van der Waals surface area (Å²) in [5.74, 6) is 2.68. The van der Waals surface area contributed by atoms with Crippen LogP contribution in [0.2, 0.25) is 0 Å². The summed E-state index contributed by atoms with van der Waals surface area (Å²) in [6.07, 6.45) is 4.00. The molecule has 0 saturated carbocycles. The number of aryl methyl sites for hydroxylation is 1. The average Bonchev–Trinajstić information content (AvgIpc) is 3.16. The van der Waals surface area contributed by atoms with Gasteiger partial charge in [-0.25, -0.2) is 0 Å². The summed E-state index contributed by atoms with van der Waals surface area (Å²) >= 11 is 1.67. The highest BCUT2D eigenvalue weighted by atomic mass is 127. The van der Waals surface area contributed by atoms with Crippen molar-refractivity contribution >= 4 is 41.7 Å². The number of thioether (sulfide) groups is 1. The lowest BCUT2D eigenvalue weighted by Gasteiger charge is -2.36. The topological polar surface area (TPSA) is 61.6 Å². The van der Waals surface area contributed by atoms with Crippen molar-refractivity contribution in [3.05, 3.63) is 41.7 Å². The third kappa shape index (κ3) is 7.91. The minimum absolute atomic E-state index is 0. The number of hydrogen-bond donors (Lipinski definition) is 1. The van der Waals surface area contributed by atoms with Crippen LogP contribution in [0.5, 0.6) is 0 Å². The molecular weight excluding hydrogens is 533 g/mol. The number of aliphatic imine (C=N–C) groups is 1. The van der Waals surface area contributed by atoms with E-state index in [1.54, 1.807) is 11.8 Å². The van der Waals surface area contributed by atoms with Crippen molar-refractivity contribution in [1.29, 1.82) is 0 Å². The van der Waals surface area contributed by atoms with Gasteiger partial charge in [-0.15, -0.1) is 34.2 Å². The minimum atomic E-state index is 0. The molecule has 9 heteroatoms. The van der Waals surface area contributed by atoms with Gasteiger partial charge >= 0.3 is 0 Å². The van der Waals surface area contributed by atoms with Gasteiger partial charge in [-0.05, 0) is 24.2 Å². The molecule has 1 aliphatic heterocycles. The van der Waals surface area contributed by atoms with Crippen LogP contribution in [0.3, 0.4) is 0 Å². The second kappa shape index (κ2) is 14.0. The molecule has 0 bridgehead atoms. The summed E-state index contributed by atoms with van der Waals surface area (Å²) in [4.78, 5) is 9.40. The van der Waals surface area contributed by atoms with Crippen molar-refractivity contribution in [3.63, 3.8) is 0 Å². The molecule has 1 fully saturated rings. The van der Waals surface area contributed by atoms with Crippen LogP contribution in [0, 0.1) is 5.92 Å². The van der Waals surface area contributed by atoms with Crippen molar-refractivity contribution in [1.82, 2.24) is 29.9 Å². The number of aromatic nitrogens is 3. The molecule has 0 radical (unpaired) electrons. The van der Waals surface area contributed by atoms with Crippen LogP contribution in [-0.2, 0) is 19.5 Å². The summed E-state index contributed by atoms with van der Waals surface area (Å²) in [6, 6.07) is 10.7. The van der Waals surface area contributed by atoms with Gasteiger partial charge < -0.3 is 14.8 Å². The zero-order valence-electron chi connectivity index (χ0n) is 19.8. The average molecular weight is 572 g/mol. The third-order valence-electron chi connectivity index (χ3n) is 5.52. The Morgan fingerprint density at radius 2 is 1.84 bits per heavy atom. The molecule has 1 aromatic heterocycles. The fourth-order valence-corrected chi connectivity index (χ4v) is 4.46. The van der Waals surface area contributed by atoms with Gasteiger partial charge in [-0.2, -0.15) is 0 Å².